The molecular formula is C47H58Cl2FN6O17PS3. The number of aromatic nitrogens is 2. The van der Waals surface area contributed by atoms with Crippen molar-refractivity contribution in [2.24, 2.45) is 10.9 Å². The lowest BCUT2D eigenvalue weighted by molar-refractivity contribution is -0.385. The van der Waals surface area contributed by atoms with Crippen molar-refractivity contribution < 1.29 is 75.4 Å². The summed E-state index contributed by atoms with van der Waals surface area (Å²) >= 11 is 13.9. The second kappa shape index (κ2) is 30.6. The minimum absolute atomic E-state index is 0.0223. The number of anilines is 1. The van der Waals surface area contributed by atoms with E-state index in [0.717, 1.165) is 89.7 Å². The van der Waals surface area contributed by atoms with E-state index < -0.39 is 87.5 Å². The molecule has 1 saturated carbocycles. The number of thioether (sulfide) groups is 1. The average molecular weight is 1200 g/mol. The molecule has 77 heavy (non-hydrogen) atoms. The minimum atomic E-state index is -4.10. The molecule has 0 bridgehead atoms. The van der Waals surface area contributed by atoms with Gasteiger partial charge in [-0.05, 0) is 86.3 Å². The van der Waals surface area contributed by atoms with E-state index in [-0.39, 0.29) is 56.9 Å². The van der Waals surface area contributed by atoms with Gasteiger partial charge in [0.25, 0.3) is 5.69 Å². The van der Waals surface area contributed by atoms with Crippen LogP contribution in [-0.2, 0) is 67.4 Å². The number of fused-ring (bicyclic) bond motifs is 1. The van der Waals surface area contributed by atoms with Crippen molar-refractivity contribution in [3.63, 3.8) is 0 Å². The Morgan fingerprint density at radius 2 is 1.69 bits per heavy atom. The fourth-order valence-corrected chi connectivity index (χ4v) is 10.7. The zero-order chi connectivity index (χ0) is 57.9. The molecule has 4 N–H and O–H groups in total. The maximum atomic E-state index is 14.3. The fraction of sp³-hybridized carbons (Fsp3) is 0.447. The number of benzene rings is 3. The Morgan fingerprint density at radius 1 is 1.05 bits per heavy atom. The maximum Gasteiger partial charge on any atom is 0.339 e. The van der Waals surface area contributed by atoms with Crippen molar-refractivity contribution in [3.8, 4) is 0 Å². The number of aliphatic carboxylic acids is 1. The quantitative estimate of drug-likeness (QED) is 0.0132. The van der Waals surface area contributed by atoms with Crippen LogP contribution in [0.15, 0.2) is 68.1 Å². The van der Waals surface area contributed by atoms with Gasteiger partial charge in [0.05, 0.1) is 64.4 Å². The first kappa shape index (κ1) is 65.8. The summed E-state index contributed by atoms with van der Waals surface area (Å²) in [7, 11) is -4.86. The van der Waals surface area contributed by atoms with Gasteiger partial charge in [0.15, 0.2) is 27.2 Å². The third-order valence-corrected chi connectivity index (χ3v) is 15.4. The van der Waals surface area contributed by atoms with E-state index in [1.54, 1.807) is 21.4 Å². The van der Waals surface area contributed by atoms with E-state index in [4.69, 9.17) is 42.8 Å². The molecule has 23 nitrogen and oxygen atoms in total. The molecule has 0 spiro atoms. The van der Waals surface area contributed by atoms with E-state index in [9.17, 15) is 61.0 Å². The number of nitro groups is 1. The molecule has 1 fully saturated rings. The van der Waals surface area contributed by atoms with Crippen molar-refractivity contribution in [1.29, 1.82) is 0 Å². The van der Waals surface area contributed by atoms with Crippen LogP contribution >= 0.6 is 53.9 Å². The number of amides is 1. The highest BCUT2D eigenvalue weighted by Gasteiger charge is 2.39. The number of carboxylic acids is 1. The first-order valence-electron chi connectivity index (χ1n) is 23.1. The van der Waals surface area contributed by atoms with Gasteiger partial charge in [-0.1, -0.05) is 36.7 Å². The zero-order valence-corrected chi connectivity index (χ0v) is 47.4. The van der Waals surface area contributed by atoms with E-state index in [1.165, 1.54) is 13.2 Å². The Kier molecular flexibility index (Phi) is 26.2. The smallest absolute Gasteiger partial charge is 0.339 e. The topological polar surface area (TPSA) is 330 Å². The number of alkyl halides is 1. The summed E-state index contributed by atoms with van der Waals surface area (Å²) in [5.41, 5.74) is 2.13. The Labute approximate surface area is 460 Å². The highest BCUT2D eigenvalue weighted by molar-refractivity contribution is 8.00. The number of nitrogens with zero attached hydrogens (tertiary/aromatic N) is 5. The van der Waals surface area contributed by atoms with Crippen molar-refractivity contribution in [2.45, 2.75) is 88.2 Å². The van der Waals surface area contributed by atoms with Gasteiger partial charge in [0.2, 0.25) is 10.7 Å². The highest BCUT2D eigenvalue weighted by atomic mass is 35.5. The van der Waals surface area contributed by atoms with Crippen LogP contribution in [0.2, 0.25) is 5.02 Å². The number of hydrogen-bond donors (Lipinski definition) is 4. The number of nitro benzene ring substituents is 1. The SMILES string of the molecule is CCc1cccc(C)c1N(C(=O)CCl)C(C)COC.COC(=O)CSc1cc(/N=c2\sc(=O)n3n2CCCC3)c(F)cc1Cl.CS(=O)(=O)c1ccc(C(=O)C2C(=O)CCCC2=O)c([N+](=O)[O-])c1.O=C(O)CNCP(=O)(O)O. The number of ether oxygens (including phenoxy) is 2. The van der Waals surface area contributed by atoms with Crippen LogP contribution in [0.5, 0.6) is 0 Å². The van der Waals surface area contributed by atoms with Gasteiger partial charge in [-0.2, -0.15) is 0 Å². The summed E-state index contributed by atoms with van der Waals surface area (Å²) in [6.45, 7) is 7.45. The lowest BCUT2D eigenvalue weighted by atomic mass is 9.81. The number of aryl methyl sites for hydroxylation is 2. The number of halogens is 3. The van der Waals surface area contributed by atoms with Crippen molar-refractivity contribution in [2.75, 3.05) is 56.4 Å². The molecule has 0 saturated heterocycles. The zero-order valence-electron chi connectivity index (χ0n) is 42.6. The molecule has 422 valence electrons. The van der Waals surface area contributed by atoms with Crippen LogP contribution < -0.4 is 19.9 Å². The second-order valence-electron chi connectivity index (χ2n) is 16.9. The largest absolute Gasteiger partial charge is 0.480 e. The number of carbonyl (C=O) groups excluding carboxylic acids is 5. The molecule has 1 atom stereocenters. The number of hydrogen-bond acceptors (Lipinski definition) is 18. The number of carbonyl (C=O) groups is 6. The number of carboxylic acid groups (broad SMARTS) is 1. The minimum Gasteiger partial charge on any atom is -0.480 e. The predicted molar refractivity (Wildman–Crippen MR) is 286 cm³/mol. The standard InChI is InChI=1S/C15H15ClFN3O3S2.C15H22ClNO2.C14H13NO7S.C3H8NO5P/c1-23-13(21)8-24-12-7-11(10(17)6-9(12)16)18-14-19-4-2-3-5-20(19)15(22)25-14;1-5-13-8-6-7-11(2)15(13)17(14(18)9-16)12(3)10-19-4;1-23(21,22)8-5-6-9(10(7-8)15(19)20)14(18)13-11(16)3-2-4-12(13)17;5-3(6)1-4-2-10(7,8)9/h6-7H,2-5,8H2,1H3;6-8,12H,5,9-10H2,1-4H3;5-7,13H,2-4H2,1H3;4H,1-2H2,(H,5,6)(H2,7,8,9)/b18-14-;;;. The second-order valence-corrected chi connectivity index (χ2v) is 23.2. The van der Waals surface area contributed by atoms with Crippen molar-refractivity contribution in [1.82, 2.24) is 14.7 Å². The van der Waals surface area contributed by atoms with Gasteiger partial charge >= 0.3 is 24.4 Å². The van der Waals surface area contributed by atoms with Gasteiger partial charge in [-0.3, -0.25) is 58.2 Å². The van der Waals surface area contributed by atoms with E-state index in [2.05, 4.69) is 28.0 Å². The molecule has 1 aromatic heterocycles. The average Bonchev–Trinajstić information content (AvgIpc) is 3.68. The van der Waals surface area contributed by atoms with E-state index in [0.29, 0.717) is 35.8 Å². The number of nitrogens with one attached hydrogen (secondary N) is 1. The maximum absolute atomic E-state index is 14.3. The number of Topliss-reactive ketones (excluding diaryl/α,β-unsaturated/α-hetero) is 3. The van der Waals surface area contributed by atoms with Crippen LogP contribution in [0, 0.1) is 28.8 Å². The van der Waals surface area contributed by atoms with Crippen LogP contribution in [0.25, 0.3) is 0 Å². The third-order valence-electron chi connectivity index (χ3n) is 11.1. The Balaban J connectivity index is 0.000000282. The predicted octanol–water partition coefficient (Wildman–Crippen LogP) is 5.87. The molecule has 6 rings (SSSR count). The van der Waals surface area contributed by atoms with Gasteiger partial charge in [0.1, 0.15) is 23.3 Å². The van der Waals surface area contributed by atoms with Crippen LogP contribution in [-0.4, -0.2) is 130 Å². The first-order valence-corrected chi connectivity index (χ1v) is 29.6. The van der Waals surface area contributed by atoms with Crippen LogP contribution in [0.1, 0.15) is 67.4 Å². The van der Waals surface area contributed by atoms with Gasteiger partial charge in [0, 0.05) is 50.3 Å². The third kappa shape index (κ3) is 19.7. The number of ketones is 3. The molecule has 1 amide bonds. The molecule has 30 heteroatoms. The molecule has 1 aliphatic carbocycles. The molecule has 0 radical (unpaired) electrons. The molecule has 3 aromatic carbocycles. The normalized spacial score (nSPS) is 14.1. The summed E-state index contributed by atoms with van der Waals surface area (Å²) in [4.78, 5) is 115. The summed E-state index contributed by atoms with van der Waals surface area (Å²) in [5, 5.41) is 21.4. The van der Waals surface area contributed by atoms with E-state index >= 15 is 0 Å². The number of esters is 1. The molecule has 2 heterocycles. The van der Waals surface area contributed by atoms with Gasteiger partial charge in [-0.25, -0.2) is 22.5 Å². The lowest BCUT2D eigenvalue weighted by Gasteiger charge is -2.31. The fourth-order valence-electron chi connectivity index (χ4n) is 7.51. The number of rotatable bonds is 18. The Hall–Kier alpha value is -5.48. The van der Waals surface area contributed by atoms with Gasteiger partial charge < -0.3 is 29.3 Å². The Bertz CT molecular complexity index is 3110. The van der Waals surface area contributed by atoms with Crippen molar-refractivity contribution >= 4 is 116 Å². The molecule has 2 aliphatic rings. The number of methoxy groups -OCH3 is 2. The van der Waals surface area contributed by atoms with Crippen molar-refractivity contribution in [3.05, 3.63) is 101 Å². The summed E-state index contributed by atoms with van der Waals surface area (Å²) < 4.78 is 60.4. The molecule has 1 aliphatic heterocycles. The van der Waals surface area contributed by atoms with Crippen LogP contribution in [0.3, 0.4) is 0 Å². The number of para-hydroxylation sites is 1. The van der Waals surface area contributed by atoms with Crippen LogP contribution in [0.4, 0.5) is 21.5 Å². The molecular weight excluding hydrogens is 1140 g/mol. The monoisotopic (exact) mass is 1190 g/mol. The summed E-state index contributed by atoms with van der Waals surface area (Å²) in [5.74, 6) is -5.79. The summed E-state index contributed by atoms with van der Waals surface area (Å²) in [6.07, 6.45) is 3.54. The Morgan fingerprint density at radius 3 is 2.23 bits per heavy atom. The highest BCUT2D eigenvalue weighted by Crippen LogP contribution is 2.34. The molecule has 4 aromatic rings. The number of sulfone groups is 1. The van der Waals surface area contributed by atoms with Gasteiger partial charge in [-0.15, -0.1) is 23.4 Å². The summed E-state index contributed by atoms with van der Waals surface area (Å²) in [6, 6.07) is 11.5. The first-order chi connectivity index (χ1) is 36.1. The molecule has 1 unspecified atom stereocenters. The lowest BCUT2D eigenvalue weighted by Crippen LogP contribution is -2.43. The van der Waals surface area contributed by atoms with E-state index in [1.807, 2.05) is 26.0 Å².